The Hall–Kier alpha value is -2.74. The summed E-state index contributed by atoms with van der Waals surface area (Å²) in [6.07, 6.45) is 42.2. The quantitative estimate of drug-likeness (QED) is 0.0512. The molecule has 0 aromatic heterocycles. The molecule has 82 heavy (non-hydrogen) atoms. The Bertz CT molecular complexity index is 1960. The summed E-state index contributed by atoms with van der Waals surface area (Å²) in [6, 6.07) is 9.32. The number of quaternary nitrogens is 3. The van der Waals surface area contributed by atoms with Crippen LogP contribution in [0.1, 0.15) is 316 Å². The van der Waals surface area contributed by atoms with E-state index >= 15 is 0 Å². The maximum Gasteiger partial charge on any atom is 0.127 e. The van der Waals surface area contributed by atoms with E-state index in [2.05, 4.69) is 121 Å². The van der Waals surface area contributed by atoms with Gasteiger partial charge in [-0.15, -0.1) is 0 Å². The van der Waals surface area contributed by atoms with E-state index < -0.39 is 0 Å². The van der Waals surface area contributed by atoms with Crippen LogP contribution in [0.2, 0.25) is 0 Å². The molecular weight excluding hydrogens is 1000 g/mol. The minimum Gasteiger partial charge on any atom is -0.507 e. The average molecular weight is 1140 g/mol. The van der Waals surface area contributed by atoms with Crippen molar-refractivity contribution >= 4 is 12.4 Å². The summed E-state index contributed by atoms with van der Waals surface area (Å²) in [5.74, 6) is 0.723. The Kier molecular flexibility index (Phi) is 35.7. The van der Waals surface area contributed by atoms with Gasteiger partial charge in [-0.3, -0.25) is 9.98 Å². The molecular formula is C75H138N5O2+3. The molecule has 0 saturated heterocycles. The second-order valence-electron chi connectivity index (χ2n) is 27.9. The topological polar surface area (TPSA) is 65.2 Å². The Balaban J connectivity index is 2.05. The fourth-order valence-electron chi connectivity index (χ4n) is 14.6. The van der Waals surface area contributed by atoms with Crippen LogP contribution in [0.25, 0.3) is 0 Å². The monoisotopic (exact) mass is 1140 g/mol. The van der Waals surface area contributed by atoms with Gasteiger partial charge in [-0.2, -0.15) is 0 Å². The predicted molar refractivity (Wildman–Crippen MR) is 362 cm³/mol. The Morgan fingerprint density at radius 2 is 0.610 bits per heavy atom. The molecule has 0 spiro atoms. The molecule has 1 aliphatic carbocycles. The molecule has 0 radical (unpaired) electrons. The van der Waals surface area contributed by atoms with E-state index in [1.807, 2.05) is 12.4 Å². The molecule has 2 aromatic rings. The van der Waals surface area contributed by atoms with Crippen LogP contribution in [0.3, 0.4) is 0 Å². The van der Waals surface area contributed by atoms with Gasteiger partial charge in [0.25, 0.3) is 0 Å². The van der Waals surface area contributed by atoms with E-state index in [4.69, 9.17) is 9.98 Å². The zero-order valence-electron chi connectivity index (χ0n) is 57.2. The number of phenolic OH excluding ortho intramolecular Hbond substituents is 2. The van der Waals surface area contributed by atoms with Crippen LogP contribution < -0.4 is 0 Å². The lowest BCUT2D eigenvalue weighted by Crippen LogP contribution is -2.51. The molecule has 0 bridgehead atoms. The van der Waals surface area contributed by atoms with Gasteiger partial charge in [-0.25, -0.2) is 0 Å². The van der Waals surface area contributed by atoms with Crippen molar-refractivity contribution in [2.45, 2.75) is 319 Å². The molecule has 0 amide bonds. The highest BCUT2D eigenvalue weighted by atomic mass is 16.3. The first-order valence-electron chi connectivity index (χ1n) is 35.8. The number of benzene rings is 2. The molecule has 1 aliphatic rings. The van der Waals surface area contributed by atoms with Crippen molar-refractivity contribution in [3.8, 4) is 11.5 Å². The number of phenols is 2. The van der Waals surface area contributed by atoms with Crippen LogP contribution in [-0.2, 0) is 10.8 Å². The zero-order chi connectivity index (χ0) is 60.3. The maximum absolute atomic E-state index is 11.9. The molecule has 7 heteroatoms. The van der Waals surface area contributed by atoms with Crippen LogP contribution in [0.15, 0.2) is 34.3 Å². The first kappa shape index (κ1) is 73.5. The van der Waals surface area contributed by atoms with Crippen LogP contribution in [0, 0.1) is 13.8 Å². The van der Waals surface area contributed by atoms with Crippen molar-refractivity contribution in [2.24, 2.45) is 9.98 Å². The summed E-state index contributed by atoms with van der Waals surface area (Å²) in [4.78, 5) is 10.8. The number of rotatable bonds is 48. The van der Waals surface area contributed by atoms with Crippen molar-refractivity contribution in [3.05, 3.63) is 57.6 Å². The fraction of sp³-hybridized carbons (Fsp3) is 0.813. The van der Waals surface area contributed by atoms with Crippen molar-refractivity contribution in [3.63, 3.8) is 0 Å². The van der Waals surface area contributed by atoms with E-state index in [-0.39, 0.29) is 22.9 Å². The lowest BCUT2D eigenvalue weighted by atomic mass is 9.73. The summed E-state index contributed by atoms with van der Waals surface area (Å²) in [5, 5.41) is 23.7. The van der Waals surface area contributed by atoms with Gasteiger partial charge in [-0.1, -0.05) is 179 Å². The van der Waals surface area contributed by atoms with Gasteiger partial charge in [0.05, 0.1) is 90.6 Å². The molecule has 2 aromatic carbocycles. The SMILES string of the molecule is CCCCC(C)(CCC[N+](CCCC)(CCCC)CCCC)c1cc(C)c(O)c(C=N[C@H]2CCCC[C@@H]2N=Cc2cc(C(C)(CCC[N+](CCCC)(CCCC)CCCC)CCC[N+](CCCC)(CCCC)CCCC)cc(C)c2O)c1. The lowest BCUT2D eigenvalue weighted by Gasteiger charge is -2.42. The molecule has 1 saturated carbocycles. The van der Waals surface area contributed by atoms with Gasteiger partial charge in [0, 0.05) is 23.6 Å². The largest absolute Gasteiger partial charge is 0.507 e. The predicted octanol–water partition coefficient (Wildman–Crippen LogP) is 20.3. The number of nitrogens with zero attached hydrogens (tertiary/aromatic N) is 5. The third-order valence-corrected chi connectivity index (χ3v) is 20.6. The highest BCUT2D eigenvalue weighted by Crippen LogP contribution is 2.41. The Morgan fingerprint density at radius 1 is 0.378 bits per heavy atom. The molecule has 3 rings (SSSR count). The molecule has 0 heterocycles. The van der Waals surface area contributed by atoms with E-state index in [1.54, 1.807) is 0 Å². The van der Waals surface area contributed by atoms with Crippen LogP contribution in [0.5, 0.6) is 11.5 Å². The van der Waals surface area contributed by atoms with Crippen molar-refractivity contribution < 1.29 is 23.7 Å². The van der Waals surface area contributed by atoms with Crippen LogP contribution in [0.4, 0.5) is 0 Å². The number of aryl methyl sites for hydroxylation is 2. The smallest absolute Gasteiger partial charge is 0.127 e. The standard InChI is InChI=1S/C75H136N5O2/c1-15-25-42-74(13,43-37-55-78(46-26-16-2,47-27-17-3)48-28-18-4)68-58-64(11)72(81)66(60-68)62-76-70-40-35-36-41-71(70)77-63-67-61-69(59-65(12)73(67)82)75(14,44-38-56-79(49-29-19-5,50-30-20-6)51-31-21-7)45-39-57-80(52-32-22-8,53-33-23-9)54-34-24-10/h58-63,70-71H,15-57H2,1-14H3/q+1/p+2/t70-,71-,74?/m0/s1. The fourth-order valence-corrected chi connectivity index (χ4v) is 14.6. The van der Waals surface area contributed by atoms with E-state index in [1.165, 1.54) is 270 Å². The minimum absolute atomic E-state index is 0.0203. The summed E-state index contributed by atoms with van der Waals surface area (Å²) < 4.78 is 3.86. The number of aromatic hydroxyl groups is 2. The first-order chi connectivity index (χ1) is 39.5. The van der Waals surface area contributed by atoms with E-state index in [9.17, 15) is 10.2 Å². The maximum atomic E-state index is 11.9. The normalized spacial score (nSPS) is 16.5. The van der Waals surface area contributed by atoms with Gasteiger partial charge >= 0.3 is 0 Å². The summed E-state index contributed by atoms with van der Waals surface area (Å²) >= 11 is 0. The Labute approximate surface area is 510 Å². The van der Waals surface area contributed by atoms with Crippen LogP contribution in [-0.4, -0.2) is 127 Å². The Morgan fingerprint density at radius 3 is 0.854 bits per heavy atom. The second kappa shape index (κ2) is 39.9. The van der Waals surface area contributed by atoms with Gasteiger partial charge in [0.15, 0.2) is 0 Å². The molecule has 3 atom stereocenters. The summed E-state index contributed by atoms with van der Waals surface area (Å²) in [6.45, 7) is 48.6. The molecule has 0 aliphatic heterocycles. The van der Waals surface area contributed by atoms with Crippen molar-refractivity contribution in [2.75, 3.05) is 78.5 Å². The van der Waals surface area contributed by atoms with Crippen molar-refractivity contribution in [1.82, 2.24) is 0 Å². The summed E-state index contributed by atoms with van der Waals surface area (Å²) in [5.41, 5.74) is 6.35. The van der Waals surface area contributed by atoms with Gasteiger partial charge in [0.1, 0.15) is 11.5 Å². The highest BCUT2D eigenvalue weighted by Gasteiger charge is 2.35. The second-order valence-corrected chi connectivity index (χ2v) is 27.9. The minimum atomic E-state index is -0.0203. The lowest BCUT2D eigenvalue weighted by molar-refractivity contribution is -0.929. The molecule has 7 nitrogen and oxygen atoms in total. The molecule has 1 fully saturated rings. The first-order valence-corrected chi connectivity index (χ1v) is 35.8. The summed E-state index contributed by atoms with van der Waals surface area (Å²) in [7, 11) is 0. The molecule has 1 unspecified atom stereocenters. The van der Waals surface area contributed by atoms with Gasteiger partial charge < -0.3 is 23.7 Å². The average Bonchev–Trinajstić information content (AvgIpc) is 3.63. The number of hydrogen-bond acceptors (Lipinski definition) is 4. The number of aliphatic imine (C=N–C) groups is 2. The molecule has 2 N–H and O–H groups in total. The zero-order valence-corrected chi connectivity index (χ0v) is 57.2. The number of unbranched alkanes of at least 4 members (excludes halogenated alkanes) is 10. The highest BCUT2D eigenvalue weighted by molar-refractivity contribution is 5.86. The van der Waals surface area contributed by atoms with E-state index in [0.717, 1.165) is 54.4 Å². The third kappa shape index (κ3) is 24.2. The van der Waals surface area contributed by atoms with E-state index in [0.29, 0.717) is 11.5 Å². The van der Waals surface area contributed by atoms with Crippen molar-refractivity contribution in [1.29, 1.82) is 0 Å². The molecule has 472 valence electrons. The van der Waals surface area contributed by atoms with Crippen LogP contribution >= 0.6 is 0 Å². The van der Waals surface area contributed by atoms with Gasteiger partial charge in [0.2, 0.25) is 0 Å². The number of hydrogen-bond donors (Lipinski definition) is 2. The van der Waals surface area contributed by atoms with Gasteiger partial charge in [-0.05, 0) is 175 Å². The third-order valence-electron chi connectivity index (χ3n) is 20.6.